The van der Waals surface area contributed by atoms with E-state index in [1.54, 1.807) is 0 Å². The Morgan fingerprint density at radius 2 is 2.00 bits per heavy atom. The monoisotopic (exact) mass is 240 g/mol. The summed E-state index contributed by atoms with van der Waals surface area (Å²) >= 11 is 3.50. The summed E-state index contributed by atoms with van der Waals surface area (Å²) in [5.41, 5.74) is 1.44. The molecular formula is C11H13BrO. The quantitative estimate of drug-likeness (QED) is 0.732. The van der Waals surface area contributed by atoms with Gasteiger partial charge in [-0.1, -0.05) is 28.1 Å². The minimum absolute atomic E-state index is 0.700. The maximum atomic E-state index is 5.34. The minimum atomic E-state index is 0.700. The van der Waals surface area contributed by atoms with Gasteiger partial charge in [-0.05, 0) is 36.5 Å². The van der Waals surface area contributed by atoms with E-state index in [0.717, 1.165) is 26.1 Å². The van der Waals surface area contributed by atoms with Crippen molar-refractivity contribution in [1.82, 2.24) is 0 Å². The van der Waals surface area contributed by atoms with E-state index in [4.69, 9.17) is 4.74 Å². The molecule has 1 heterocycles. The fraction of sp³-hybridized carbons (Fsp3) is 0.455. The highest BCUT2D eigenvalue weighted by Gasteiger charge is 2.15. The Labute approximate surface area is 87.2 Å². The number of halogens is 1. The van der Waals surface area contributed by atoms with Crippen LogP contribution in [0.4, 0.5) is 0 Å². The summed E-state index contributed by atoms with van der Waals surface area (Å²) < 4.78 is 6.52. The number of ether oxygens (including phenoxy) is 1. The van der Waals surface area contributed by atoms with Gasteiger partial charge in [-0.3, -0.25) is 0 Å². The van der Waals surface area contributed by atoms with Crippen LogP contribution in [0.15, 0.2) is 28.7 Å². The van der Waals surface area contributed by atoms with Crippen molar-refractivity contribution in [3.63, 3.8) is 0 Å². The molecule has 1 fully saturated rings. The lowest BCUT2D eigenvalue weighted by molar-refractivity contribution is 0.0853. The molecule has 1 saturated heterocycles. The molecule has 1 aliphatic rings. The fourth-order valence-electron chi connectivity index (χ4n) is 1.79. The highest BCUT2D eigenvalue weighted by molar-refractivity contribution is 9.10. The molecule has 0 saturated carbocycles. The summed E-state index contributed by atoms with van der Waals surface area (Å²) in [4.78, 5) is 0. The molecule has 2 heteroatoms. The second-order valence-electron chi connectivity index (χ2n) is 3.44. The summed E-state index contributed by atoms with van der Waals surface area (Å²) in [5.74, 6) is 0.700. The van der Waals surface area contributed by atoms with E-state index >= 15 is 0 Å². The van der Waals surface area contributed by atoms with E-state index in [-0.39, 0.29) is 0 Å². The van der Waals surface area contributed by atoms with E-state index in [0.29, 0.717) is 5.92 Å². The molecule has 1 aliphatic heterocycles. The highest BCUT2D eigenvalue weighted by atomic mass is 79.9. The van der Waals surface area contributed by atoms with Crippen molar-refractivity contribution in [1.29, 1.82) is 0 Å². The van der Waals surface area contributed by atoms with Crippen LogP contribution in [0.5, 0.6) is 0 Å². The Morgan fingerprint density at radius 3 is 2.69 bits per heavy atom. The fourth-order valence-corrected chi connectivity index (χ4v) is 2.21. The van der Waals surface area contributed by atoms with Crippen LogP contribution in [0.25, 0.3) is 0 Å². The van der Waals surface area contributed by atoms with Crippen molar-refractivity contribution in [2.75, 3.05) is 13.2 Å². The Balaban J connectivity index is 2.14. The Kier molecular flexibility index (Phi) is 3.01. The number of rotatable bonds is 1. The molecule has 0 unspecified atom stereocenters. The average Bonchev–Trinajstić information content (AvgIpc) is 2.19. The lowest BCUT2D eigenvalue weighted by Crippen LogP contribution is -2.13. The molecule has 0 aliphatic carbocycles. The van der Waals surface area contributed by atoms with Gasteiger partial charge in [0.25, 0.3) is 0 Å². The molecule has 0 radical (unpaired) electrons. The molecule has 1 nitrogen and oxygen atoms in total. The SMILES string of the molecule is Brc1cccc(C2CCOCC2)c1. The second-order valence-corrected chi connectivity index (χ2v) is 4.36. The average molecular weight is 241 g/mol. The van der Waals surface area contributed by atoms with Crippen molar-refractivity contribution < 1.29 is 4.74 Å². The van der Waals surface area contributed by atoms with E-state index in [9.17, 15) is 0 Å². The molecule has 0 N–H and O–H groups in total. The third-order valence-electron chi connectivity index (χ3n) is 2.54. The number of hydrogen-bond acceptors (Lipinski definition) is 1. The van der Waals surface area contributed by atoms with Crippen LogP contribution in [-0.2, 0) is 4.74 Å². The Morgan fingerprint density at radius 1 is 1.23 bits per heavy atom. The lowest BCUT2D eigenvalue weighted by Gasteiger charge is -2.22. The van der Waals surface area contributed by atoms with Crippen molar-refractivity contribution in [2.24, 2.45) is 0 Å². The normalized spacial score (nSPS) is 18.8. The summed E-state index contributed by atoms with van der Waals surface area (Å²) in [6, 6.07) is 8.61. The Hall–Kier alpha value is -0.340. The van der Waals surface area contributed by atoms with E-state index in [1.807, 2.05) is 0 Å². The van der Waals surface area contributed by atoms with Crippen LogP contribution in [0.3, 0.4) is 0 Å². The van der Waals surface area contributed by atoms with Crippen LogP contribution in [0.2, 0.25) is 0 Å². The molecule has 1 aromatic carbocycles. The number of hydrogen-bond donors (Lipinski definition) is 0. The zero-order valence-electron chi connectivity index (χ0n) is 7.50. The van der Waals surface area contributed by atoms with Crippen LogP contribution >= 0.6 is 15.9 Å². The number of benzene rings is 1. The van der Waals surface area contributed by atoms with E-state index < -0.39 is 0 Å². The van der Waals surface area contributed by atoms with Gasteiger partial charge in [0.1, 0.15) is 0 Å². The molecule has 2 rings (SSSR count). The minimum Gasteiger partial charge on any atom is -0.381 e. The third kappa shape index (κ3) is 2.32. The van der Waals surface area contributed by atoms with Gasteiger partial charge >= 0.3 is 0 Å². The van der Waals surface area contributed by atoms with Gasteiger partial charge in [0, 0.05) is 17.7 Å². The topological polar surface area (TPSA) is 9.23 Å². The molecule has 0 bridgehead atoms. The van der Waals surface area contributed by atoms with Gasteiger partial charge in [-0.2, -0.15) is 0 Å². The first-order valence-electron chi connectivity index (χ1n) is 4.69. The molecule has 70 valence electrons. The highest BCUT2D eigenvalue weighted by Crippen LogP contribution is 2.28. The summed E-state index contributed by atoms with van der Waals surface area (Å²) in [6.07, 6.45) is 2.33. The van der Waals surface area contributed by atoms with Crippen molar-refractivity contribution >= 4 is 15.9 Å². The van der Waals surface area contributed by atoms with E-state index in [1.165, 1.54) is 10.0 Å². The predicted octanol–water partition coefficient (Wildman–Crippen LogP) is 3.34. The first-order chi connectivity index (χ1) is 6.36. The van der Waals surface area contributed by atoms with Crippen molar-refractivity contribution in [3.8, 4) is 0 Å². The molecule has 0 aromatic heterocycles. The predicted molar refractivity (Wildman–Crippen MR) is 56.9 cm³/mol. The molecule has 0 spiro atoms. The largest absolute Gasteiger partial charge is 0.381 e. The van der Waals surface area contributed by atoms with Crippen LogP contribution in [0, 0.1) is 0 Å². The summed E-state index contributed by atoms with van der Waals surface area (Å²) in [5, 5.41) is 0. The zero-order valence-corrected chi connectivity index (χ0v) is 9.09. The van der Waals surface area contributed by atoms with Crippen molar-refractivity contribution in [2.45, 2.75) is 18.8 Å². The summed E-state index contributed by atoms with van der Waals surface area (Å²) in [6.45, 7) is 1.83. The van der Waals surface area contributed by atoms with Gasteiger partial charge in [-0.15, -0.1) is 0 Å². The smallest absolute Gasteiger partial charge is 0.0471 e. The lowest BCUT2D eigenvalue weighted by atomic mass is 9.92. The van der Waals surface area contributed by atoms with E-state index in [2.05, 4.69) is 40.2 Å². The van der Waals surface area contributed by atoms with Gasteiger partial charge in [0.2, 0.25) is 0 Å². The maximum absolute atomic E-state index is 5.34. The molecule has 1 aromatic rings. The first-order valence-corrected chi connectivity index (χ1v) is 5.49. The van der Waals surface area contributed by atoms with Gasteiger partial charge in [-0.25, -0.2) is 0 Å². The zero-order chi connectivity index (χ0) is 9.10. The van der Waals surface area contributed by atoms with Crippen LogP contribution in [0.1, 0.15) is 24.3 Å². The molecule has 13 heavy (non-hydrogen) atoms. The third-order valence-corrected chi connectivity index (χ3v) is 3.03. The second kappa shape index (κ2) is 4.25. The van der Waals surface area contributed by atoms with Gasteiger partial charge in [0.15, 0.2) is 0 Å². The van der Waals surface area contributed by atoms with Gasteiger partial charge in [0.05, 0.1) is 0 Å². The molecule has 0 amide bonds. The molecule has 0 atom stereocenters. The molecular weight excluding hydrogens is 228 g/mol. The van der Waals surface area contributed by atoms with Crippen molar-refractivity contribution in [3.05, 3.63) is 34.3 Å². The Bertz CT molecular complexity index is 279. The van der Waals surface area contributed by atoms with Crippen LogP contribution < -0.4 is 0 Å². The maximum Gasteiger partial charge on any atom is 0.0471 e. The summed E-state index contributed by atoms with van der Waals surface area (Å²) in [7, 11) is 0. The van der Waals surface area contributed by atoms with Crippen LogP contribution in [-0.4, -0.2) is 13.2 Å². The van der Waals surface area contributed by atoms with Gasteiger partial charge < -0.3 is 4.74 Å². The first kappa shape index (κ1) is 9.22. The standard InChI is InChI=1S/C11H13BrO/c12-11-3-1-2-10(8-11)9-4-6-13-7-5-9/h1-3,8-9H,4-7H2.